The Bertz CT molecular complexity index is 476. The maximum Gasteiger partial charge on any atom is 0.416 e. The molecule has 1 aromatic rings. The Morgan fingerprint density at radius 1 is 1.35 bits per heavy atom. The van der Waals surface area contributed by atoms with Gasteiger partial charge in [-0.3, -0.25) is 0 Å². The number of nitrogens with zero attached hydrogens (tertiary/aromatic N) is 3. The molecule has 1 aliphatic rings. The van der Waals surface area contributed by atoms with Crippen LogP contribution in [0.25, 0.3) is 0 Å². The Hall–Kier alpha value is -1.37. The van der Waals surface area contributed by atoms with E-state index < -0.39 is 12.3 Å². The fourth-order valence-electron chi connectivity index (χ4n) is 2.09. The highest BCUT2D eigenvalue weighted by atomic mass is 19.4. The maximum absolute atomic E-state index is 12.7. The number of anilines is 1. The zero-order valence-electron chi connectivity index (χ0n) is 11.7. The van der Waals surface area contributed by atoms with E-state index in [4.69, 9.17) is 4.74 Å². The van der Waals surface area contributed by atoms with Gasteiger partial charge in [0.05, 0.1) is 13.2 Å². The zero-order valence-corrected chi connectivity index (χ0v) is 11.7. The van der Waals surface area contributed by atoms with E-state index in [-0.39, 0.29) is 19.1 Å². The van der Waals surface area contributed by atoms with E-state index >= 15 is 0 Å². The van der Waals surface area contributed by atoms with Crippen molar-refractivity contribution < 1.29 is 17.9 Å². The molecule has 1 unspecified atom stereocenters. The number of alkyl halides is 3. The van der Waals surface area contributed by atoms with Crippen LogP contribution in [0.15, 0.2) is 6.07 Å². The molecular formula is C13H18F3N3O. The van der Waals surface area contributed by atoms with Gasteiger partial charge < -0.3 is 9.64 Å². The van der Waals surface area contributed by atoms with Crippen molar-refractivity contribution in [2.24, 2.45) is 0 Å². The Morgan fingerprint density at radius 2 is 2.05 bits per heavy atom. The third-order valence-electron chi connectivity index (χ3n) is 3.19. The highest BCUT2D eigenvalue weighted by molar-refractivity contribution is 5.41. The number of hydrogen-bond acceptors (Lipinski definition) is 4. The molecule has 0 aromatic carbocycles. The molecule has 112 valence electrons. The summed E-state index contributed by atoms with van der Waals surface area (Å²) in [7, 11) is 0. The van der Waals surface area contributed by atoms with Gasteiger partial charge in [-0.15, -0.1) is 0 Å². The standard InChI is InChI=1S/C13H18F3N3O/c1-8(2)10-6-12(18-9(3)17-10)19-4-5-20-11(7-19)13(14,15)16/h6,8,11H,4-5,7H2,1-3H3. The molecule has 1 fully saturated rings. The molecule has 0 amide bonds. The molecule has 0 radical (unpaired) electrons. The lowest BCUT2D eigenvalue weighted by Crippen LogP contribution is -2.49. The van der Waals surface area contributed by atoms with Crippen LogP contribution in [0, 0.1) is 6.92 Å². The van der Waals surface area contributed by atoms with E-state index in [0.29, 0.717) is 18.2 Å². The fourth-order valence-corrected chi connectivity index (χ4v) is 2.09. The predicted molar refractivity (Wildman–Crippen MR) is 68.9 cm³/mol. The summed E-state index contributed by atoms with van der Waals surface area (Å²) in [6, 6.07) is 1.76. The molecule has 4 nitrogen and oxygen atoms in total. The molecule has 7 heteroatoms. The zero-order chi connectivity index (χ0) is 14.9. The van der Waals surface area contributed by atoms with Crippen molar-refractivity contribution in [2.45, 2.75) is 39.0 Å². The third-order valence-corrected chi connectivity index (χ3v) is 3.19. The van der Waals surface area contributed by atoms with Crippen LogP contribution in [0.5, 0.6) is 0 Å². The average Bonchev–Trinajstić information content (AvgIpc) is 2.37. The Balaban J connectivity index is 2.23. The first-order valence-electron chi connectivity index (χ1n) is 6.56. The minimum atomic E-state index is -4.35. The van der Waals surface area contributed by atoms with Gasteiger partial charge in [-0.25, -0.2) is 9.97 Å². The van der Waals surface area contributed by atoms with Gasteiger partial charge in [0.2, 0.25) is 0 Å². The molecule has 2 heterocycles. The second kappa shape index (κ2) is 5.55. The maximum atomic E-state index is 12.7. The Kier molecular flexibility index (Phi) is 4.17. The fraction of sp³-hybridized carbons (Fsp3) is 0.692. The topological polar surface area (TPSA) is 38.2 Å². The molecule has 1 atom stereocenters. The minimum Gasteiger partial charge on any atom is -0.365 e. The minimum absolute atomic E-state index is 0.0459. The van der Waals surface area contributed by atoms with Crippen LogP contribution >= 0.6 is 0 Å². The van der Waals surface area contributed by atoms with Crippen LogP contribution in [0.4, 0.5) is 19.0 Å². The van der Waals surface area contributed by atoms with Crippen LogP contribution in [0.3, 0.4) is 0 Å². The van der Waals surface area contributed by atoms with Crippen LogP contribution in [-0.2, 0) is 4.74 Å². The van der Waals surface area contributed by atoms with E-state index in [9.17, 15) is 13.2 Å². The van der Waals surface area contributed by atoms with Crippen LogP contribution in [0.1, 0.15) is 31.3 Å². The van der Waals surface area contributed by atoms with Gasteiger partial charge in [0.15, 0.2) is 6.10 Å². The highest BCUT2D eigenvalue weighted by Crippen LogP contribution is 2.28. The van der Waals surface area contributed by atoms with E-state index in [1.54, 1.807) is 17.9 Å². The monoisotopic (exact) mass is 289 g/mol. The van der Waals surface area contributed by atoms with Crippen molar-refractivity contribution in [3.05, 3.63) is 17.6 Å². The Morgan fingerprint density at radius 3 is 2.65 bits per heavy atom. The summed E-state index contributed by atoms with van der Waals surface area (Å²) < 4.78 is 43.0. The first-order valence-corrected chi connectivity index (χ1v) is 6.56. The summed E-state index contributed by atoms with van der Waals surface area (Å²) in [4.78, 5) is 10.2. The molecule has 1 aliphatic heterocycles. The number of aromatic nitrogens is 2. The molecule has 0 bridgehead atoms. The van der Waals surface area contributed by atoms with Crippen molar-refractivity contribution in [1.29, 1.82) is 0 Å². The lowest BCUT2D eigenvalue weighted by molar-refractivity contribution is -0.221. The number of halogens is 3. The van der Waals surface area contributed by atoms with Gasteiger partial charge >= 0.3 is 6.18 Å². The van der Waals surface area contributed by atoms with E-state index in [2.05, 4.69) is 9.97 Å². The van der Waals surface area contributed by atoms with Gasteiger partial charge in [0, 0.05) is 18.3 Å². The molecule has 1 saturated heterocycles. The molecule has 0 aliphatic carbocycles. The Labute approximate surface area is 116 Å². The number of aryl methyl sites for hydroxylation is 1. The molecule has 2 rings (SSSR count). The first-order chi connectivity index (χ1) is 9.27. The second-order valence-corrected chi connectivity index (χ2v) is 5.20. The molecule has 0 N–H and O–H groups in total. The molecule has 0 saturated carbocycles. The quantitative estimate of drug-likeness (QED) is 0.839. The van der Waals surface area contributed by atoms with Gasteiger partial charge in [-0.1, -0.05) is 13.8 Å². The summed E-state index contributed by atoms with van der Waals surface area (Å²) >= 11 is 0. The van der Waals surface area contributed by atoms with Crippen molar-refractivity contribution in [2.75, 3.05) is 24.6 Å². The lowest BCUT2D eigenvalue weighted by Gasteiger charge is -2.34. The summed E-state index contributed by atoms with van der Waals surface area (Å²) in [6.45, 7) is 5.95. The van der Waals surface area contributed by atoms with E-state index in [0.717, 1.165) is 5.69 Å². The lowest BCUT2D eigenvalue weighted by atomic mass is 10.1. The smallest absolute Gasteiger partial charge is 0.365 e. The summed E-state index contributed by atoms with van der Waals surface area (Å²) in [6.07, 6.45) is -6.10. The predicted octanol–water partition coefficient (Wildman–Crippen LogP) is 2.68. The van der Waals surface area contributed by atoms with E-state index in [1.807, 2.05) is 13.8 Å². The SMILES string of the molecule is Cc1nc(C(C)C)cc(N2CCOC(C(F)(F)F)C2)n1. The normalized spacial score (nSPS) is 20.6. The van der Waals surface area contributed by atoms with Gasteiger partial charge in [-0.05, 0) is 12.8 Å². The first kappa shape index (κ1) is 15.0. The summed E-state index contributed by atoms with van der Waals surface area (Å²) in [5, 5.41) is 0. The number of hydrogen-bond donors (Lipinski definition) is 0. The largest absolute Gasteiger partial charge is 0.416 e. The van der Waals surface area contributed by atoms with Crippen LogP contribution in [-0.4, -0.2) is 41.9 Å². The summed E-state index contributed by atoms with van der Waals surface area (Å²) in [5.74, 6) is 1.31. The van der Waals surface area contributed by atoms with Crippen LogP contribution < -0.4 is 4.90 Å². The molecule has 1 aromatic heterocycles. The van der Waals surface area contributed by atoms with Crippen molar-refractivity contribution in [1.82, 2.24) is 9.97 Å². The number of morpholine rings is 1. The third kappa shape index (κ3) is 3.39. The summed E-state index contributed by atoms with van der Waals surface area (Å²) in [5.41, 5.74) is 0.836. The van der Waals surface area contributed by atoms with Crippen LogP contribution in [0.2, 0.25) is 0 Å². The second-order valence-electron chi connectivity index (χ2n) is 5.20. The van der Waals surface area contributed by atoms with Gasteiger partial charge in [-0.2, -0.15) is 13.2 Å². The van der Waals surface area contributed by atoms with Crippen molar-refractivity contribution >= 4 is 5.82 Å². The van der Waals surface area contributed by atoms with Gasteiger partial charge in [0.1, 0.15) is 11.6 Å². The molecule has 20 heavy (non-hydrogen) atoms. The molecule has 0 spiro atoms. The molecular weight excluding hydrogens is 271 g/mol. The van der Waals surface area contributed by atoms with Crippen molar-refractivity contribution in [3.8, 4) is 0 Å². The van der Waals surface area contributed by atoms with E-state index in [1.165, 1.54) is 0 Å². The van der Waals surface area contributed by atoms with Crippen molar-refractivity contribution in [3.63, 3.8) is 0 Å². The highest BCUT2D eigenvalue weighted by Gasteiger charge is 2.43. The number of ether oxygens (including phenoxy) is 1. The number of rotatable bonds is 2. The van der Waals surface area contributed by atoms with Gasteiger partial charge in [0.25, 0.3) is 0 Å². The average molecular weight is 289 g/mol.